The summed E-state index contributed by atoms with van der Waals surface area (Å²) in [6.45, 7) is 4.24. The van der Waals surface area contributed by atoms with Crippen LogP contribution in [0, 0.1) is 17.4 Å². The van der Waals surface area contributed by atoms with E-state index in [9.17, 15) is 0 Å². The van der Waals surface area contributed by atoms with E-state index in [4.69, 9.17) is 5.26 Å². The van der Waals surface area contributed by atoms with Crippen LogP contribution >= 0.6 is 0 Å². The normalized spacial score (nSPS) is 22.0. The minimum Gasteiger partial charge on any atom is -0.285 e. The van der Waals surface area contributed by atoms with Gasteiger partial charge < -0.3 is 0 Å². The van der Waals surface area contributed by atoms with E-state index in [1.807, 2.05) is 6.19 Å². The molecule has 0 aliphatic carbocycles. The van der Waals surface area contributed by atoms with Crippen LogP contribution in [0.5, 0.6) is 0 Å². The van der Waals surface area contributed by atoms with Crippen molar-refractivity contribution < 1.29 is 0 Å². The molecule has 0 saturated heterocycles. The van der Waals surface area contributed by atoms with Crippen LogP contribution < -0.4 is 5.43 Å². The lowest BCUT2D eigenvalue weighted by atomic mass is 10.1. The number of nitrogens with one attached hydrogen (secondary N) is 1. The molecule has 60 valence electrons. The molecule has 0 aromatic heterocycles. The number of hydrogen-bond donors (Lipinski definition) is 1. The molecule has 0 saturated carbocycles. The summed E-state index contributed by atoms with van der Waals surface area (Å²) in [5.41, 5.74) is 2.86. The third kappa shape index (κ3) is 1.84. The van der Waals surface area contributed by atoms with Crippen LogP contribution in [0.3, 0.4) is 0 Å². The molecule has 0 fully saturated rings. The Balaban J connectivity index is 2.43. The lowest BCUT2D eigenvalue weighted by Gasteiger charge is -2.17. The van der Waals surface area contributed by atoms with Crippen LogP contribution in [-0.4, -0.2) is 17.4 Å². The molecule has 1 aliphatic heterocycles. The first-order valence-electron chi connectivity index (χ1n) is 3.71. The Morgan fingerprint density at radius 2 is 2.55 bits per heavy atom. The first-order chi connectivity index (χ1) is 5.24. The Labute approximate surface area is 66.5 Å². The molecule has 1 unspecified atom stereocenters. The van der Waals surface area contributed by atoms with Gasteiger partial charge in [0.2, 0.25) is 0 Å². The summed E-state index contributed by atoms with van der Waals surface area (Å²) in [7, 11) is 0. The van der Waals surface area contributed by atoms with Gasteiger partial charge in [-0.3, -0.25) is 5.43 Å². The van der Waals surface area contributed by atoms with Crippen LogP contribution in [0.2, 0.25) is 0 Å². The Morgan fingerprint density at radius 3 is 3.09 bits per heavy atom. The Hall–Kier alpha value is -1.24. The first kappa shape index (κ1) is 7.86. The Bertz CT molecular complexity index is 191. The quantitative estimate of drug-likeness (QED) is 0.592. The highest BCUT2D eigenvalue weighted by atomic mass is 15.5. The first-order valence-corrected chi connectivity index (χ1v) is 3.71. The van der Waals surface area contributed by atoms with Crippen molar-refractivity contribution >= 4 is 6.34 Å². The van der Waals surface area contributed by atoms with Gasteiger partial charge >= 0.3 is 0 Å². The van der Waals surface area contributed by atoms with Crippen molar-refractivity contribution in [3.05, 3.63) is 0 Å². The summed E-state index contributed by atoms with van der Waals surface area (Å²) in [6, 6.07) is 0. The highest BCUT2D eigenvalue weighted by molar-refractivity contribution is 5.59. The van der Waals surface area contributed by atoms with Crippen LogP contribution in [0.1, 0.15) is 20.3 Å². The third-order valence-corrected chi connectivity index (χ3v) is 1.55. The smallest absolute Gasteiger partial charge is 0.187 e. The molecule has 4 heteroatoms. The maximum absolute atomic E-state index is 8.59. The minimum absolute atomic E-state index is 0.0694. The molecule has 1 aliphatic rings. The van der Waals surface area contributed by atoms with E-state index in [1.165, 1.54) is 11.2 Å². The second kappa shape index (κ2) is 3.24. The monoisotopic (exact) mass is 152 g/mol. The largest absolute Gasteiger partial charge is 0.285 e. The minimum atomic E-state index is 0.0694. The third-order valence-electron chi connectivity index (χ3n) is 1.55. The van der Waals surface area contributed by atoms with Crippen molar-refractivity contribution in [1.82, 2.24) is 10.3 Å². The van der Waals surface area contributed by atoms with Gasteiger partial charge in [0.1, 0.15) is 12.5 Å². The van der Waals surface area contributed by atoms with E-state index >= 15 is 0 Å². The summed E-state index contributed by atoms with van der Waals surface area (Å²) < 4.78 is 0. The van der Waals surface area contributed by atoms with Gasteiger partial charge in [0.05, 0.1) is 0 Å². The molecule has 11 heavy (non-hydrogen) atoms. The molecule has 0 aromatic rings. The predicted molar refractivity (Wildman–Crippen MR) is 42.3 cm³/mol. The van der Waals surface area contributed by atoms with E-state index < -0.39 is 0 Å². The standard InChI is InChI=1S/C7H12N4/c1-6(2)3-7-10-9-5-11(7)4-8/h5-7,10H,3H2,1-2H3. The summed E-state index contributed by atoms with van der Waals surface area (Å²) in [6.07, 6.45) is 4.57. The van der Waals surface area contributed by atoms with Crippen LogP contribution in [0.15, 0.2) is 5.10 Å². The SMILES string of the molecule is CC(C)CC1NN=CN1C#N. The van der Waals surface area contributed by atoms with Gasteiger partial charge in [-0.1, -0.05) is 13.8 Å². The molecule has 0 spiro atoms. The van der Waals surface area contributed by atoms with Crippen molar-refractivity contribution in [2.24, 2.45) is 11.0 Å². The topological polar surface area (TPSA) is 51.4 Å². The molecule has 0 amide bonds. The summed E-state index contributed by atoms with van der Waals surface area (Å²) in [5, 5.41) is 12.4. The fraction of sp³-hybridized carbons (Fsp3) is 0.714. The van der Waals surface area contributed by atoms with Crippen molar-refractivity contribution in [2.75, 3.05) is 0 Å². The summed E-state index contributed by atoms with van der Waals surface area (Å²) in [4.78, 5) is 1.53. The van der Waals surface area contributed by atoms with Crippen molar-refractivity contribution in [3.63, 3.8) is 0 Å². The number of nitrogens with zero attached hydrogens (tertiary/aromatic N) is 3. The lowest BCUT2D eigenvalue weighted by molar-refractivity contribution is 0.329. The predicted octanol–water partition coefficient (Wildman–Crippen LogP) is 0.688. The molecule has 0 bridgehead atoms. The molecule has 4 nitrogen and oxygen atoms in total. The molecule has 0 aromatic carbocycles. The van der Waals surface area contributed by atoms with Gasteiger partial charge in [-0.25, -0.2) is 4.90 Å². The fourth-order valence-corrected chi connectivity index (χ4v) is 1.03. The molecule has 1 atom stereocenters. The molecular weight excluding hydrogens is 140 g/mol. The van der Waals surface area contributed by atoms with Gasteiger partial charge in [0.25, 0.3) is 0 Å². The zero-order chi connectivity index (χ0) is 8.27. The lowest BCUT2D eigenvalue weighted by Crippen LogP contribution is -2.34. The number of rotatable bonds is 2. The number of hydrazone groups is 1. The van der Waals surface area contributed by atoms with Crippen LogP contribution in [0.4, 0.5) is 0 Å². The molecule has 1 heterocycles. The molecule has 1 N–H and O–H groups in total. The maximum atomic E-state index is 8.59. The molecule has 0 radical (unpaired) electrons. The van der Waals surface area contributed by atoms with Crippen molar-refractivity contribution in [1.29, 1.82) is 5.26 Å². The van der Waals surface area contributed by atoms with E-state index in [1.54, 1.807) is 0 Å². The van der Waals surface area contributed by atoms with Gasteiger partial charge in [-0.15, -0.1) is 0 Å². The summed E-state index contributed by atoms with van der Waals surface area (Å²) in [5.74, 6) is 0.574. The maximum Gasteiger partial charge on any atom is 0.187 e. The van der Waals surface area contributed by atoms with E-state index in [-0.39, 0.29) is 6.17 Å². The van der Waals surface area contributed by atoms with Crippen LogP contribution in [-0.2, 0) is 0 Å². The van der Waals surface area contributed by atoms with E-state index in [2.05, 4.69) is 24.4 Å². The zero-order valence-electron chi connectivity index (χ0n) is 6.78. The Kier molecular flexibility index (Phi) is 2.32. The average molecular weight is 152 g/mol. The zero-order valence-corrected chi connectivity index (χ0v) is 6.78. The van der Waals surface area contributed by atoms with Crippen molar-refractivity contribution in [3.8, 4) is 6.19 Å². The van der Waals surface area contributed by atoms with Gasteiger partial charge in [0, 0.05) is 0 Å². The van der Waals surface area contributed by atoms with E-state index in [0.29, 0.717) is 5.92 Å². The van der Waals surface area contributed by atoms with Gasteiger partial charge in [-0.05, 0) is 12.3 Å². The highest BCUT2D eigenvalue weighted by Crippen LogP contribution is 2.09. The molecule has 1 rings (SSSR count). The van der Waals surface area contributed by atoms with Crippen LogP contribution in [0.25, 0.3) is 0 Å². The van der Waals surface area contributed by atoms with Gasteiger partial charge in [-0.2, -0.15) is 10.4 Å². The Morgan fingerprint density at radius 1 is 1.82 bits per heavy atom. The van der Waals surface area contributed by atoms with E-state index in [0.717, 1.165) is 6.42 Å². The van der Waals surface area contributed by atoms with Crippen molar-refractivity contribution in [2.45, 2.75) is 26.4 Å². The fourth-order valence-electron chi connectivity index (χ4n) is 1.03. The molecular formula is C7H12N4. The second-order valence-electron chi connectivity index (χ2n) is 3.03. The second-order valence-corrected chi connectivity index (χ2v) is 3.03. The summed E-state index contributed by atoms with van der Waals surface area (Å²) >= 11 is 0. The number of hydrogen-bond acceptors (Lipinski definition) is 4. The number of nitriles is 1. The average Bonchev–Trinajstić information content (AvgIpc) is 2.34. The highest BCUT2D eigenvalue weighted by Gasteiger charge is 2.19. The van der Waals surface area contributed by atoms with Gasteiger partial charge in [0.15, 0.2) is 6.19 Å².